The smallest absolute Gasteiger partial charge is 0.351 e. The number of carbonyl (C=O) groups excluding carboxylic acids is 1. The van der Waals surface area contributed by atoms with Gasteiger partial charge in [-0.3, -0.25) is 4.90 Å². The summed E-state index contributed by atoms with van der Waals surface area (Å²) < 4.78 is 87.3. The van der Waals surface area contributed by atoms with E-state index in [9.17, 15) is 22.4 Å². The molecule has 0 saturated carbocycles. The zero-order chi connectivity index (χ0) is 31.9. The van der Waals surface area contributed by atoms with Crippen LogP contribution in [0.15, 0.2) is 42.5 Å². The van der Waals surface area contributed by atoms with Gasteiger partial charge in [0.25, 0.3) is 0 Å². The minimum Gasteiger partial charge on any atom is -0.351 e. The van der Waals surface area contributed by atoms with Gasteiger partial charge in [0.05, 0.1) is 28.3 Å². The molecule has 4 aromatic rings. The number of hydrogen-bond donors (Lipinski definition) is 2. The first-order valence-corrected chi connectivity index (χ1v) is 14.2. The summed E-state index contributed by atoms with van der Waals surface area (Å²) >= 11 is 0. The van der Waals surface area contributed by atoms with Gasteiger partial charge in [0.15, 0.2) is 0 Å². The largest absolute Gasteiger partial charge is 0.416 e. The fourth-order valence-electron chi connectivity index (χ4n) is 5.81. The van der Waals surface area contributed by atoms with Crippen LogP contribution in [0.5, 0.6) is 0 Å². The topological polar surface area (TPSA) is 76.2 Å². The predicted octanol–water partition coefficient (Wildman–Crippen LogP) is 7.46. The molecule has 44 heavy (non-hydrogen) atoms. The maximum Gasteiger partial charge on any atom is 0.416 e. The first-order chi connectivity index (χ1) is 20.8. The van der Waals surface area contributed by atoms with Crippen LogP contribution in [0.25, 0.3) is 16.9 Å². The lowest BCUT2D eigenvalue weighted by Crippen LogP contribution is -2.30. The average Bonchev–Trinajstić information content (AvgIpc) is 3.33. The van der Waals surface area contributed by atoms with Gasteiger partial charge in [-0.2, -0.15) is 18.3 Å². The van der Waals surface area contributed by atoms with Gasteiger partial charge in [-0.25, -0.2) is 22.6 Å². The highest BCUT2D eigenvalue weighted by Crippen LogP contribution is 2.39. The summed E-state index contributed by atoms with van der Waals surface area (Å²) in [5.41, 5.74) is 7.99. The van der Waals surface area contributed by atoms with Crippen molar-refractivity contribution in [2.24, 2.45) is 5.73 Å². The number of benzene rings is 3. The molecule has 0 spiro atoms. The van der Waals surface area contributed by atoms with Crippen LogP contribution in [0.3, 0.4) is 0 Å². The average molecular weight is 616 g/mol. The van der Waals surface area contributed by atoms with E-state index >= 15 is 8.78 Å². The van der Waals surface area contributed by atoms with Crippen LogP contribution in [0, 0.1) is 24.4 Å². The van der Waals surface area contributed by atoms with Crippen LogP contribution in [0.2, 0.25) is 0 Å². The molecule has 6 nitrogen and oxygen atoms in total. The molecule has 1 aromatic heterocycles. The monoisotopic (exact) mass is 615 g/mol. The number of hydrogen-bond acceptors (Lipinski definition) is 3. The van der Waals surface area contributed by atoms with Crippen molar-refractivity contribution in [3.05, 3.63) is 99.0 Å². The number of aromatic nitrogens is 2. The highest BCUT2D eigenvalue weighted by atomic mass is 19.4. The van der Waals surface area contributed by atoms with E-state index in [4.69, 9.17) is 10.8 Å². The lowest BCUT2D eigenvalue weighted by atomic mass is 9.97. The maximum atomic E-state index is 15.8. The lowest BCUT2D eigenvalue weighted by molar-refractivity contribution is -0.137. The zero-order valence-electron chi connectivity index (χ0n) is 24.4. The number of amides is 2. The fourth-order valence-corrected chi connectivity index (χ4v) is 5.81. The standard InChI is InChI=1S/C32H31F6N5O/c1-4-18-7-6-8-19(5-2)29(18)43-30(21-13-26(35)28(14-25(21)34)40-31(39)44)23-16-42(10-9-27(23)41-43)15-22-17(3)11-20(12-24(22)33)32(36,37)38/h6-8,11-14H,4-5,9-10,15-16H2,1-3H3,(H3,39,40,44). The Hall–Kier alpha value is -4.32. The predicted molar refractivity (Wildman–Crippen MR) is 155 cm³/mol. The van der Waals surface area contributed by atoms with Crippen molar-refractivity contribution in [1.29, 1.82) is 0 Å². The second kappa shape index (κ2) is 12.0. The van der Waals surface area contributed by atoms with E-state index in [1.807, 2.05) is 36.9 Å². The van der Waals surface area contributed by atoms with Crippen molar-refractivity contribution in [2.45, 2.75) is 59.3 Å². The van der Waals surface area contributed by atoms with Gasteiger partial charge in [-0.1, -0.05) is 32.0 Å². The molecule has 0 unspecified atom stereocenters. The number of nitrogens with one attached hydrogen (secondary N) is 1. The number of nitrogens with zero attached hydrogens (tertiary/aromatic N) is 3. The summed E-state index contributed by atoms with van der Waals surface area (Å²) in [6.45, 7) is 5.97. The van der Waals surface area contributed by atoms with E-state index in [2.05, 4.69) is 5.32 Å². The Morgan fingerprint density at radius 2 is 1.68 bits per heavy atom. The Kier molecular flexibility index (Phi) is 8.48. The van der Waals surface area contributed by atoms with Crippen molar-refractivity contribution < 1.29 is 31.1 Å². The molecule has 0 atom stereocenters. The summed E-state index contributed by atoms with van der Waals surface area (Å²) in [7, 11) is 0. The number of carbonyl (C=O) groups is 1. The van der Waals surface area contributed by atoms with Crippen LogP contribution in [0.1, 0.15) is 52.9 Å². The third kappa shape index (κ3) is 5.90. The highest BCUT2D eigenvalue weighted by Gasteiger charge is 2.33. The van der Waals surface area contributed by atoms with Gasteiger partial charge in [0.2, 0.25) is 0 Å². The molecule has 0 aliphatic carbocycles. The molecule has 3 N–H and O–H groups in total. The summed E-state index contributed by atoms with van der Waals surface area (Å²) in [6, 6.07) is 8.01. The van der Waals surface area contributed by atoms with Crippen LogP contribution < -0.4 is 11.1 Å². The molecule has 0 bridgehead atoms. The first-order valence-electron chi connectivity index (χ1n) is 14.2. The quantitative estimate of drug-likeness (QED) is 0.212. The molecule has 2 amide bonds. The van der Waals surface area contributed by atoms with Crippen LogP contribution in [0.4, 0.5) is 36.8 Å². The Balaban J connectivity index is 1.65. The van der Waals surface area contributed by atoms with E-state index in [1.165, 1.54) is 6.92 Å². The molecule has 232 valence electrons. The minimum absolute atomic E-state index is 0.00390. The third-order valence-electron chi connectivity index (χ3n) is 7.99. The van der Waals surface area contributed by atoms with E-state index < -0.39 is 40.9 Å². The molecule has 1 aliphatic rings. The number of urea groups is 1. The summed E-state index contributed by atoms with van der Waals surface area (Å²) in [5, 5.41) is 6.96. The molecular weight excluding hydrogens is 584 g/mol. The second-order valence-corrected chi connectivity index (χ2v) is 10.8. The molecule has 0 saturated heterocycles. The Bertz CT molecular complexity index is 1700. The van der Waals surface area contributed by atoms with Gasteiger partial charge < -0.3 is 11.1 Å². The number of anilines is 1. The molecule has 3 aromatic carbocycles. The van der Waals surface area contributed by atoms with Crippen molar-refractivity contribution >= 4 is 11.7 Å². The Morgan fingerprint density at radius 1 is 1.00 bits per heavy atom. The Labute approximate surface area is 250 Å². The van der Waals surface area contributed by atoms with Crippen molar-refractivity contribution in [1.82, 2.24) is 14.7 Å². The number of alkyl halides is 3. The van der Waals surface area contributed by atoms with Crippen molar-refractivity contribution in [3.63, 3.8) is 0 Å². The number of fused-ring (bicyclic) bond motifs is 1. The fraction of sp³-hybridized carbons (Fsp3) is 0.312. The Morgan fingerprint density at radius 3 is 2.27 bits per heavy atom. The number of primary amides is 1. The summed E-state index contributed by atoms with van der Waals surface area (Å²) in [5.74, 6) is -2.70. The van der Waals surface area contributed by atoms with Crippen LogP contribution in [-0.4, -0.2) is 27.3 Å². The van der Waals surface area contributed by atoms with Gasteiger partial charge in [0, 0.05) is 48.8 Å². The molecular formula is C32H31F6N5O. The maximum absolute atomic E-state index is 15.8. The van der Waals surface area contributed by atoms with Gasteiger partial charge >= 0.3 is 12.2 Å². The van der Waals surface area contributed by atoms with Gasteiger partial charge in [-0.15, -0.1) is 0 Å². The number of para-hydroxylation sites is 1. The number of aryl methyl sites for hydroxylation is 3. The number of halogens is 6. The van der Waals surface area contributed by atoms with Crippen molar-refractivity contribution in [3.8, 4) is 16.9 Å². The number of rotatable bonds is 7. The van der Waals surface area contributed by atoms with Crippen LogP contribution in [-0.2, 0) is 38.5 Å². The first kappa shape index (κ1) is 31.1. The van der Waals surface area contributed by atoms with E-state index in [-0.39, 0.29) is 29.8 Å². The van der Waals surface area contributed by atoms with E-state index in [0.717, 1.165) is 35.0 Å². The van der Waals surface area contributed by atoms with E-state index in [1.54, 1.807) is 4.68 Å². The molecule has 12 heteroatoms. The van der Waals surface area contributed by atoms with Gasteiger partial charge in [0.1, 0.15) is 17.5 Å². The van der Waals surface area contributed by atoms with Crippen molar-refractivity contribution in [2.75, 3.05) is 11.9 Å². The SMILES string of the molecule is CCc1cccc(CC)c1-n1nc2c(c1-c1cc(F)c(NC(N)=O)cc1F)CN(Cc1c(C)cc(C(F)(F)F)cc1F)CC2. The zero-order valence-corrected chi connectivity index (χ0v) is 24.4. The lowest BCUT2D eigenvalue weighted by Gasteiger charge is -2.28. The molecule has 5 rings (SSSR count). The molecule has 0 radical (unpaired) electrons. The van der Waals surface area contributed by atoms with Crippen LogP contribution >= 0.6 is 0 Å². The highest BCUT2D eigenvalue weighted by molar-refractivity contribution is 5.88. The number of nitrogens with two attached hydrogens (primary N) is 1. The summed E-state index contributed by atoms with van der Waals surface area (Å²) in [6.07, 6.45) is -3.01. The second-order valence-electron chi connectivity index (χ2n) is 10.8. The third-order valence-corrected chi connectivity index (χ3v) is 7.99. The molecule has 1 aliphatic heterocycles. The summed E-state index contributed by atoms with van der Waals surface area (Å²) in [4.78, 5) is 13.2. The molecule has 0 fully saturated rings. The van der Waals surface area contributed by atoms with E-state index in [0.29, 0.717) is 48.8 Å². The normalized spacial score (nSPS) is 13.7. The molecule has 2 heterocycles. The minimum atomic E-state index is -4.68. The van der Waals surface area contributed by atoms with Gasteiger partial charge in [-0.05, 0) is 54.7 Å².